The first-order chi connectivity index (χ1) is 15.7. The van der Waals surface area contributed by atoms with E-state index in [1.54, 1.807) is 24.3 Å². The van der Waals surface area contributed by atoms with Crippen LogP contribution in [-0.2, 0) is 17.3 Å². The number of nitrogens with zero attached hydrogens (tertiary/aromatic N) is 1. The Morgan fingerprint density at radius 2 is 1.91 bits per heavy atom. The molecule has 2 N–H and O–H groups in total. The Hall–Kier alpha value is -3.66. The van der Waals surface area contributed by atoms with Gasteiger partial charge < -0.3 is 15.0 Å². The van der Waals surface area contributed by atoms with Gasteiger partial charge in [-0.1, -0.05) is 24.3 Å². The molecule has 1 unspecified atom stereocenters. The summed E-state index contributed by atoms with van der Waals surface area (Å²) in [7, 11) is -1.88. The molecule has 33 heavy (non-hydrogen) atoms. The molecule has 0 fully saturated rings. The van der Waals surface area contributed by atoms with Crippen LogP contribution in [0, 0.1) is 6.92 Å². The van der Waals surface area contributed by atoms with Crippen LogP contribution < -0.4 is 10.1 Å². The minimum absolute atomic E-state index is 0.0884. The fourth-order valence-electron chi connectivity index (χ4n) is 2.94. The third-order valence-electron chi connectivity index (χ3n) is 4.51. The summed E-state index contributed by atoms with van der Waals surface area (Å²) in [5.74, 6) is -0.825. The van der Waals surface area contributed by atoms with Gasteiger partial charge in [0, 0.05) is 23.3 Å². The lowest BCUT2D eigenvalue weighted by molar-refractivity contribution is -0.275. The van der Waals surface area contributed by atoms with Crippen molar-refractivity contribution < 1.29 is 26.9 Å². The molecule has 0 spiro atoms. The Labute approximate surface area is 190 Å². The van der Waals surface area contributed by atoms with Crippen LogP contribution in [0.3, 0.4) is 0 Å². The number of aromatic amines is 1. The fourth-order valence-corrected chi connectivity index (χ4v) is 4.08. The van der Waals surface area contributed by atoms with Crippen LogP contribution in [0.4, 0.5) is 13.2 Å². The summed E-state index contributed by atoms with van der Waals surface area (Å²) in [6.07, 6.45) is -1.67. The summed E-state index contributed by atoms with van der Waals surface area (Å²) >= 11 is 0. The van der Waals surface area contributed by atoms with Crippen molar-refractivity contribution in [1.82, 2.24) is 10.3 Å². The smallest absolute Gasteiger partial charge is 0.404 e. The van der Waals surface area contributed by atoms with Gasteiger partial charge in [0.15, 0.2) is 0 Å². The Kier molecular flexibility index (Phi) is 7.49. The Morgan fingerprint density at radius 3 is 2.58 bits per heavy atom. The van der Waals surface area contributed by atoms with Gasteiger partial charge in [-0.15, -0.1) is 13.2 Å². The Morgan fingerprint density at radius 1 is 1.21 bits per heavy atom. The van der Waals surface area contributed by atoms with Crippen LogP contribution in [0.1, 0.15) is 27.3 Å². The van der Waals surface area contributed by atoms with Crippen molar-refractivity contribution in [3.63, 3.8) is 0 Å². The molecule has 1 atom stereocenters. The fraction of sp³-hybridized carbons (Fsp3) is 0.130. The molecule has 172 valence electrons. The number of carbonyl (C=O) groups is 1. The van der Waals surface area contributed by atoms with Gasteiger partial charge in [0.05, 0.1) is 15.7 Å². The molecule has 3 rings (SSSR count). The zero-order valence-corrected chi connectivity index (χ0v) is 18.3. The minimum atomic E-state index is -4.89. The van der Waals surface area contributed by atoms with Crippen molar-refractivity contribution in [2.45, 2.75) is 29.6 Å². The maximum atomic E-state index is 12.8. The predicted molar refractivity (Wildman–Crippen MR) is 120 cm³/mol. The Bertz CT molecular complexity index is 1200. The molecule has 6 nitrogen and oxygen atoms in total. The summed E-state index contributed by atoms with van der Waals surface area (Å²) < 4.78 is 54.6. The highest BCUT2D eigenvalue weighted by Gasteiger charge is 2.32. The van der Waals surface area contributed by atoms with E-state index in [1.165, 1.54) is 36.5 Å². The number of rotatable bonds is 8. The van der Waals surface area contributed by atoms with E-state index in [-0.39, 0.29) is 17.3 Å². The SMILES string of the molecule is C=N/C=C\c1[nH]c(C(=O)NCc2ccc(S(=O)c3ccccc3OC(F)(F)F)cc2)cc1C. The number of aromatic nitrogens is 1. The van der Waals surface area contributed by atoms with Gasteiger partial charge in [-0.3, -0.25) is 9.79 Å². The monoisotopic (exact) mass is 475 g/mol. The second-order valence-corrected chi connectivity index (χ2v) is 8.32. The number of aliphatic imine (C=N–C) groups is 1. The number of aryl methyl sites for hydroxylation is 1. The molecule has 2 aromatic carbocycles. The molecule has 0 radical (unpaired) electrons. The van der Waals surface area contributed by atoms with Gasteiger partial charge in [0.25, 0.3) is 5.91 Å². The lowest BCUT2D eigenvalue weighted by Gasteiger charge is -2.13. The van der Waals surface area contributed by atoms with E-state index >= 15 is 0 Å². The summed E-state index contributed by atoms with van der Waals surface area (Å²) in [5.41, 5.74) is 2.73. The lowest BCUT2D eigenvalue weighted by atomic mass is 10.2. The summed E-state index contributed by atoms with van der Waals surface area (Å²) in [6.45, 7) is 5.42. The third kappa shape index (κ3) is 6.42. The highest BCUT2D eigenvalue weighted by molar-refractivity contribution is 7.85. The Balaban J connectivity index is 1.67. The standard InChI is InChI=1S/C23H20F3N3O3S/c1-15-13-19(29-18(15)11-12-27-2)22(30)28-14-16-7-9-17(10-8-16)33(31)21-6-4-3-5-20(21)32-23(24,25)26/h3-13,29H,2,14H2,1H3,(H,28,30)/b12-11-. The second-order valence-electron chi connectivity index (χ2n) is 6.87. The second kappa shape index (κ2) is 10.3. The molecule has 1 heterocycles. The lowest BCUT2D eigenvalue weighted by Crippen LogP contribution is -2.23. The first-order valence-corrected chi connectivity index (χ1v) is 10.8. The van der Waals surface area contributed by atoms with Crippen LogP contribution in [0.25, 0.3) is 6.08 Å². The van der Waals surface area contributed by atoms with Gasteiger partial charge in [-0.2, -0.15) is 0 Å². The van der Waals surface area contributed by atoms with Crippen molar-refractivity contribution in [3.05, 3.63) is 83.3 Å². The largest absolute Gasteiger partial charge is 0.573 e. The topological polar surface area (TPSA) is 83.5 Å². The maximum Gasteiger partial charge on any atom is 0.573 e. The molecule has 0 saturated carbocycles. The molecule has 3 aromatic rings. The van der Waals surface area contributed by atoms with E-state index in [0.717, 1.165) is 22.9 Å². The number of benzene rings is 2. The van der Waals surface area contributed by atoms with E-state index in [9.17, 15) is 22.2 Å². The van der Waals surface area contributed by atoms with Crippen LogP contribution in [0.5, 0.6) is 5.75 Å². The first-order valence-electron chi connectivity index (χ1n) is 9.63. The number of H-pyrrole nitrogens is 1. The predicted octanol–water partition coefficient (Wildman–Crippen LogP) is 4.99. The summed E-state index contributed by atoms with van der Waals surface area (Å²) in [4.78, 5) is 19.3. The highest BCUT2D eigenvalue weighted by Crippen LogP contribution is 2.30. The molecule has 0 aliphatic rings. The minimum Gasteiger partial charge on any atom is -0.404 e. The number of halogens is 3. The molecule has 0 saturated heterocycles. The molecular weight excluding hydrogens is 455 g/mol. The number of para-hydroxylation sites is 1. The van der Waals surface area contributed by atoms with Gasteiger partial charge in [0.1, 0.15) is 11.4 Å². The summed E-state index contributed by atoms with van der Waals surface area (Å²) in [5, 5.41) is 2.78. The van der Waals surface area contributed by atoms with Crippen LogP contribution in [0.15, 0.2) is 75.6 Å². The number of nitrogens with one attached hydrogen (secondary N) is 2. The number of amides is 1. The average Bonchev–Trinajstić information content (AvgIpc) is 3.15. The zero-order valence-electron chi connectivity index (χ0n) is 17.5. The molecule has 0 bridgehead atoms. The van der Waals surface area contributed by atoms with Crippen molar-refractivity contribution >= 4 is 29.5 Å². The molecule has 1 amide bonds. The zero-order chi connectivity index (χ0) is 24.0. The highest BCUT2D eigenvalue weighted by atomic mass is 32.2. The van der Waals surface area contributed by atoms with Gasteiger partial charge in [0.2, 0.25) is 0 Å². The van der Waals surface area contributed by atoms with Crippen molar-refractivity contribution in [2.24, 2.45) is 4.99 Å². The maximum absolute atomic E-state index is 12.8. The number of carbonyl (C=O) groups excluding carboxylic acids is 1. The molecule has 0 aliphatic carbocycles. The molecule has 0 aliphatic heterocycles. The van der Waals surface area contributed by atoms with E-state index in [4.69, 9.17) is 0 Å². The van der Waals surface area contributed by atoms with Crippen molar-refractivity contribution in [2.75, 3.05) is 0 Å². The van der Waals surface area contributed by atoms with E-state index in [0.29, 0.717) is 10.6 Å². The van der Waals surface area contributed by atoms with E-state index < -0.39 is 22.9 Å². The average molecular weight is 475 g/mol. The van der Waals surface area contributed by atoms with Crippen molar-refractivity contribution in [3.8, 4) is 5.75 Å². The number of ether oxygens (including phenoxy) is 1. The van der Waals surface area contributed by atoms with E-state index in [2.05, 4.69) is 26.7 Å². The van der Waals surface area contributed by atoms with Crippen LogP contribution in [0.2, 0.25) is 0 Å². The van der Waals surface area contributed by atoms with Gasteiger partial charge in [-0.25, -0.2) is 4.21 Å². The molecule has 1 aromatic heterocycles. The van der Waals surface area contributed by atoms with Gasteiger partial charge in [-0.05, 0) is 61.2 Å². The summed E-state index contributed by atoms with van der Waals surface area (Å²) in [6, 6.07) is 13.4. The van der Waals surface area contributed by atoms with Crippen LogP contribution in [-0.4, -0.2) is 28.2 Å². The normalized spacial score (nSPS) is 12.5. The number of hydrogen-bond acceptors (Lipinski definition) is 4. The van der Waals surface area contributed by atoms with E-state index in [1.807, 2.05) is 6.92 Å². The quantitative estimate of drug-likeness (QED) is 0.450. The molecule has 10 heteroatoms. The first kappa shape index (κ1) is 24.0. The third-order valence-corrected chi connectivity index (χ3v) is 5.95. The molecular formula is C23H20F3N3O3S. The van der Waals surface area contributed by atoms with Gasteiger partial charge >= 0.3 is 6.36 Å². The number of hydrogen-bond donors (Lipinski definition) is 2. The number of alkyl halides is 3. The van der Waals surface area contributed by atoms with Crippen molar-refractivity contribution in [1.29, 1.82) is 0 Å². The van der Waals surface area contributed by atoms with Crippen LogP contribution >= 0.6 is 0 Å².